The molecule has 0 saturated carbocycles. The number of hydrogen-bond acceptors (Lipinski definition) is 4. The molecule has 17 heavy (non-hydrogen) atoms. The van der Waals surface area contributed by atoms with Gasteiger partial charge in [-0.15, -0.1) is 0 Å². The molecule has 0 N–H and O–H groups in total. The van der Waals surface area contributed by atoms with Crippen LogP contribution in [-0.2, 0) is 0 Å². The summed E-state index contributed by atoms with van der Waals surface area (Å²) >= 11 is 5.73. The van der Waals surface area contributed by atoms with Crippen LogP contribution in [0, 0.1) is 0 Å². The minimum absolute atomic E-state index is 0.115. The van der Waals surface area contributed by atoms with Crippen molar-refractivity contribution in [3.05, 3.63) is 47.0 Å². The summed E-state index contributed by atoms with van der Waals surface area (Å²) in [6.07, 6.45) is 3.65. The van der Waals surface area contributed by atoms with Gasteiger partial charge in [0.2, 0.25) is 5.28 Å². The second kappa shape index (κ2) is 5.41. The van der Waals surface area contributed by atoms with E-state index in [1.165, 1.54) is 7.11 Å². The topological polar surface area (TPSA) is 47.9 Å². The molecule has 2 aromatic rings. The third-order valence-electron chi connectivity index (χ3n) is 2.01. The molecule has 1 aromatic heterocycles. The van der Waals surface area contributed by atoms with Gasteiger partial charge in [-0.1, -0.05) is 36.4 Å². The highest BCUT2D eigenvalue weighted by Gasteiger charge is 2.01. The van der Waals surface area contributed by atoms with Crippen LogP contribution in [0.3, 0.4) is 0 Å². The van der Waals surface area contributed by atoms with Crippen LogP contribution in [-0.4, -0.2) is 22.1 Å². The van der Waals surface area contributed by atoms with Crippen molar-refractivity contribution in [1.82, 2.24) is 15.0 Å². The highest BCUT2D eigenvalue weighted by atomic mass is 35.5. The molecular weight excluding hydrogens is 238 g/mol. The number of hydrogen-bond donors (Lipinski definition) is 0. The van der Waals surface area contributed by atoms with Crippen LogP contribution >= 0.6 is 11.6 Å². The van der Waals surface area contributed by atoms with E-state index in [1.807, 2.05) is 36.4 Å². The van der Waals surface area contributed by atoms with E-state index in [1.54, 1.807) is 6.08 Å². The summed E-state index contributed by atoms with van der Waals surface area (Å²) in [5.41, 5.74) is 1.06. The highest BCUT2D eigenvalue weighted by Crippen LogP contribution is 2.10. The minimum atomic E-state index is 0.115. The predicted octanol–water partition coefficient (Wildman–Crippen LogP) is 2.70. The van der Waals surface area contributed by atoms with Gasteiger partial charge >= 0.3 is 6.01 Å². The SMILES string of the molecule is COc1nc(Cl)nc(/C=C/c2ccccc2)n1. The van der Waals surface area contributed by atoms with Gasteiger partial charge in [0.05, 0.1) is 7.11 Å². The summed E-state index contributed by atoms with van der Waals surface area (Å²) in [4.78, 5) is 11.8. The zero-order valence-electron chi connectivity index (χ0n) is 9.17. The molecular formula is C12H10ClN3O. The van der Waals surface area contributed by atoms with Crippen molar-refractivity contribution in [2.45, 2.75) is 0 Å². The van der Waals surface area contributed by atoms with E-state index in [2.05, 4.69) is 15.0 Å². The fourth-order valence-electron chi connectivity index (χ4n) is 1.25. The Kier molecular flexibility index (Phi) is 3.67. The molecule has 5 heteroatoms. The minimum Gasteiger partial charge on any atom is -0.467 e. The van der Waals surface area contributed by atoms with Crippen LogP contribution in [0.15, 0.2) is 30.3 Å². The number of rotatable bonds is 3. The molecule has 0 spiro atoms. The van der Waals surface area contributed by atoms with Gasteiger partial charge in [-0.05, 0) is 23.2 Å². The summed E-state index contributed by atoms with van der Waals surface area (Å²) in [5.74, 6) is 0.464. The lowest BCUT2D eigenvalue weighted by Crippen LogP contribution is -1.97. The molecule has 86 valence electrons. The van der Waals surface area contributed by atoms with Crippen LogP contribution in [0.5, 0.6) is 6.01 Å². The highest BCUT2D eigenvalue weighted by molar-refractivity contribution is 6.28. The maximum absolute atomic E-state index is 5.73. The van der Waals surface area contributed by atoms with Gasteiger partial charge in [0.1, 0.15) is 0 Å². The first-order valence-corrected chi connectivity index (χ1v) is 5.34. The average molecular weight is 248 g/mol. The second-order valence-electron chi connectivity index (χ2n) is 3.19. The maximum atomic E-state index is 5.73. The quantitative estimate of drug-likeness (QED) is 0.837. The zero-order valence-corrected chi connectivity index (χ0v) is 9.93. The Morgan fingerprint density at radius 3 is 2.53 bits per heavy atom. The van der Waals surface area contributed by atoms with Gasteiger partial charge in [0, 0.05) is 0 Å². The van der Waals surface area contributed by atoms with Gasteiger partial charge in [-0.25, -0.2) is 0 Å². The van der Waals surface area contributed by atoms with Crippen molar-refractivity contribution in [3.63, 3.8) is 0 Å². The van der Waals surface area contributed by atoms with Crippen molar-refractivity contribution in [1.29, 1.82) is 0 Å². The van der Waals surface area contributed by atoms with Crippen LogP contribution in [0.4, 0.5) is 0 Å². The van der Waals surface area contributed by atoms with Gasteiger partial charge in [0.15, 0.2) is 5.82 Å². The lowest BCUT2D eigenvalue weighted by atomic mass is 10.2. The van der Waals surface area contributed by atoms with Crippen LogP contribution in [0.25, 0.3) is 12.2 Å². The number of halogens is 1. The number of nitrogens with zero attached hydrogens (tertiary/aromatic N) is 3. The van der Waals surface area contributed by atoms with E-state index < -0.39 is 0 Å². The Bertz CT molecular complexity index is 529. The summed E-state index contributed by atoms with van der Waals surface area (Å²) in [6, 6.07) is 10.0. The maximum Gasteiger partial charge on any atom is 0.320 e. The van der Waals surface area contributed by atoms with E-state index in [9.17, 15) is 0 Å². The fraction of sp³-hybridized carbons (Fsp3) is 0.0833. The summed E-state index contributed by atoms with van der Waals surface area (Å²) in [7, 11) is 1.48. The summed E-state index contributed by atoms with van der Waals surface area (Å²) < 4.78 is 4.91. The molecule has 2 rings (SSSR count). The molecule has 0 aliphatic carbocycles. The first kappa shape index (κ1) is 11.5. The molecule has 4 nitrogen and oxygen atoms in total. The van der Waals surface area contributed by atoms with Crippen molar-refractivity contribution in [3.8, 4) is 6.01 Å². The molecule has 1 aromatic carbocycles. The molecule has 0 bridgehead atoms. The van der Waals surface area contributed by atoms with Crippen molar-refractivity contribution in [2.75, 3.05) is 7.11 Å². The fourth-order valence-corrected chi connectivity index (χ4v) is 1.41. The van der Waals surface area contributed by atoms with Crippen molar-refractivity contribution >= 4 is 23.8 Å². The molecule has 0 amide bonds. The van der Waals surface area contributed by atoms with Crippen molar-refractivity contribution in [2.24, 2.45) is 0 Å². The predicted molar refractivity (Wildman–Crippen MR) is 66.8 cm³/mol. The number of aromatic nitrogens is 3. The Morgan fingerprint density at radius 2 is 1.82 bits per heavy atom. The third kappa shape index (κ3) is 3.26. The van der Waals surface area contributed by atoms with E-state index in [4.69, 9.17) is 16.3 Å². The largest absolute Gasteiger partial charge is 0.467 e. The molecule has 0 radical (unpaired) electrons. The average Bonchev–Trinajstić information content (AvgIpc) is 2.37. The van der Waals surface area contributed by atoms with Gasteiger partial charge in [-0.3, -0.25) is 0 Å². The molecule has 0 saturated heterocycles. The molecule has 0 aliphatic rings. The lowest BCUT2D eigenvalue weighted by Gasteiger charge is -1.98. The third-order valence-corrected chi connectivity index (χ3v) is 2.18. The monoisotopic (exact) mass is 247 g/mol. The van der Waals surface area contributed by atoms with E-state index >= 15 is 0 Å². The summed E-state index contributed by atoms with van der Waals surface area (Å²) in [6.45, 7) is 0. The number of methoxy groups -OCH3 is 1. The molecule has 0 atom stereocenters. The molecule has 0 aliphatic heterocycles. The van der Waals surface area contributed by atoms with Gasteiger partial charge in [0.25, 0.3) is 0 Å². The second-order valence-corrected chi connectivity index (χ2v) is 3.53. The molecule has 1 heterocycles. The molecule has 0 fully saturated rings. The van der Waals surface area contributed by atoms with Gasteiger partial charge < -0.3 is 4.74 Å². The van der Waals surface area contributed by atoms with Crippen LogP contribution in [0.2, 0.25) is 5.28 Å². The van der Waals surface area contributed by atoms with Crippen LogP contribution < -0.4 is 4.74 Å². The Morgan fingerprint density at radius 1 is 1.06 bits per heavy atom. The van der Waals surface area contributed by atoms with E-state index in [0.717, 1.165) is 5.56 Å². The smallest absolute Gasteiger partial charge is 0.320 e. The number of ether oxygens (including phenoxy) is 1. The number of benzene rings is 1. The Balaban J connectivity index is 2.24. The van der Waals surface area contributed by atoms with E-state index in [0.29, 0.717) is 5.82 Å². The standard InChI is InChI=1S/C12H10ClN3O/c1-17-12-15-10(14-11(13)16-12)8-7-9-5-3-2-4-6-9/h2-8H,1H3/b8-7+. The first-order valence-electron chi connectivity index (χ1n) is 4.96. The van der Waals surface area contributed by atoms with Gasteiger partial charge in [-0.2, -0.15) is 15.0 Å². The zero-order chi connectivity index (χ0) is 12.1. The summed E-state index contributed by atoms with van der Waals surface area (Å²) in [5, 5.41) is 0.115. The van der Waals surface area contributed by atoms with E-state index in [-0.39, 0.29) is 11.3 Å². The van der Waals surface area contributed by atoms with Crippen molar-refractivity contribution < 1.29 is 4.74 Å². The molecule has 0 unspecified atom stereocenters. The Labute approximate surface area is 104 Å². The first-order chi connectivity index (χ1) is 8.28. The Hall–Kier alpha value is -1.94. The lowest BCUT2D eigenvalue weighted by molar-refractivity contribution is 0.377. The van der Waals surface area contributed by atoms with Crippen LogP contribution in [0.1, 0.15) is 11.4 Å². The normalized spacial score (nSPS) is 10.7.